The lowest BCUT2D eigenvalue weighted by Crippen LogP contribution is -2.41. The maximum absolute atomic E-state index is 9.73. The lowest BCUT2D eigenvalue weighted by molar-refractivity contribution is 0.0747. The van der Waals surface area contributed by atoms with Crippen LogP contribution in [0, 0.1) is 17.3 Å². The van der Waals surface area contributed by atoms with E-state index in [2.05, 4.69) is 11.8 Å². The summed E-state index contributed by atoms with van der Waals surface area (Å²) >= 11 is 0. The van der Waals surface area contributed by atoms with E-state index in [-0.39, 0.29) is 17.6 Å². The zero-order valence-electron chi connectivity index (χ0n) is 9.46. The van der Waals surface area contributed by atoms with Crippen LogP contribution < -0.4 is 5.73 Å². The minimum Gasteiger partial charge on any atom is -0.384 e. The molecule has 0 aromatic carbocycles. The summed E-state index contributed by atoms with van der Waals surface area (Å²) in [7, 11) is 0. The summed E-state index contributed by atoms with van der Waals surface area (Å²) in [5, 5.41) is 18.2. The van der Waals surface area contributed by atoms with Crippen LogP contribution in [0.1, 0.15) is 34.1 Å². The van der Waals surface area contributed by atoms with Crippen LogP contribution in [0.25, 0.3) is 0 Å². The first kappa shape index (κ1) is 13.4. The molecule has 0 aliphatic rings. The van der Waals surface area contributed by atoms with Gasteiger partial charge in [0.05, 0.1) is 0 Å². The number of hydrogen-bond acceptors (Lipinski definition) is 3. The fourth-order valence-corrected chi connectivity index (χ4v) is 1.61. The third-order valence-corrected chi connectivity index (χ3v) is 1.97. The average Bonchev–Trinajstić information content (AvgIpc) is 1.95. The van der Waals surface area contributed by atoms with Gasteiger partial charge in [-0.05, 0) is 20.3 Å². The van der Waals surface area contributed by atoms with Crippen molar-refractivity contribution in [3.05, 3.63) is 0 Å². The molecule has 14 heavy (non-hydrogen) atoms. The summed E-state index contributed by atoms with van der Waals surface area (Å²) in [4.78, 5) is 0. The highest BCUT2D eigenvalue weighted by Gasteiger charge is 2.31. The molecule has 0 aromatic rings. The molecule has 0 aromatic heterocycles. The summed E-state index contributed by atoms with van der Waals surface area (Å²) in [5.41, 5.74) is 5.19. The van der Waals surface area contributed by atoms with Gasteiger partial charge in [0.1, 0.15) is 12.7 Å². The van der Waals surface area contributed by atoms with E-state index in [1.165, 1.54) is 0 Å². The molecule has 0 saturated heterocycles. The molecule has 3 heteroatoms. The van der Waals surface area contributed by atoms with Gasteiger partial charge in [-0.1, -0.05) is 25.7 Å². The van der Waals surface area contributed by atoms with Crippen LogP contribution in [0.4, 0.5) is 0 Å². The van der Waals surface area contributed by atoms with E-state index in [4.69, 9.17) is 10.8 Å². The molecule has 0 spiro atoms. The second-order valence-electron chi connectivity index (χ2n) is 5.04. The molecular weight excluding hydrogens is 178 g/mol. The lowest BCUT2D eigenvalue weighted by atomic mass is 9.76. The van der Waals surface area contributed by atoms with Crippen LogP contribution in [-0.4, -0.2) is 28.5 Å². The van der Waals surface area contributed by atoms with Gasteiger partial charge in [-0.2, -0.15) is 0 Å². The molecule has 0 heterocycles. The van der Waals surface area contributed by atoms with Crippen molar-refractivity contribution in [2.75, 3.05) is 6.61 Å². The Morgan fingerprint density at radius 1 is 1.29 bits per heavy atom. The van der Waals surface area contributed by atoms with Gasteiger partial charge < -0.3 is 15.9 Å². The fraction of sp³-hybridized carbons (Fsp3) is 0.818. The largest absolute Gasteiger partial charge is 0.384 e. The van der Waals surface area contributed by atoms with Gasteiger partial charge in [0.25, 0.3) is 0 Å². The van der Waals surface area contributed by atoms with E-state index in [1.54, 1.807) is 0 Å². The third kappa shape index (κ3) is 5.23. The van der Waals surface area contributed by atoms with E-state index in [0.29, 0.717) is 6.42 Å². The van der Waals surface area contributed by atoms with Crippen LogP contribution in [-0.2, 0) is 0 Å². The highest BCUT2D eigenvalue weighted by atomic mass is 16.3. The van der Waals surface area contributed by atoms with E-state index in [1.807, 2.05) is 27.7 Å². The molecular formula is C11H21NO2. The van der Waals surface area contributed by atoms with Gasteiger partial charge in [0.2, 0.25) is 0 Å². The monoisotopic (exact) mass is 199 g/mol. The topological polar surface area (TPSA) is 66.5 Å². The predicted octanol–water partition coefficient (Wildman–Crippen LogP) is 0.497. The van der Waals surface area contributed by atoms with Crippen molar-refractivity contribution in [3.63, 3.8) is 0 Å². The van der Waals surface area contributed by atoms with E-state index >= 15 is 0 Å². The zero-order chi connectivity index (χ0) is 11.4. The molecule has 0 amide bonds. The Balaban J connectivity index is 4.45. The van der Waals surface area contributed by atoms with Crippen LogP contribution >= 0.6 is 0 Å². The Bertz CT molecular complexity index is 230. The van der Waals surface area contributed by atoms with Crippen molar-refractivity contribution in [1.29, 1.82) is 0 Å². The smallest absolute Gasteiger partial charge is 0.119 e. The third-order valence-electron chi connectivity index (χ3n) is 1.97. The molecule has 0 aliphatic carbocycles. The number of aliphatic hydroxyl groups is 2. The van der Waals surface area contributed by atoms with Crippen molar-refractivity contribution in [2.24, 2.45) is 11.1 Å². The maximum atomic E-state index is 9.73. The van der Waals surface area contributed by atoms with E-state index in [0.717, 1.165) is 0 Å². The summed E-state index contributed by atoms with van der Waals surface area (Å²) in [6.07, 6.45) is -0.0844. The highest BCUT2D eigenvalue weighted by Crippen LogP contribution is 2.29. The van der Waals surface area contributed by atoms with Gasteiger partial charge in [-0.3, -0.25) is 0 Å². The molecule has 1 unspecified atom stereocenters. The van der Waals surface area contributed by atoms with Gasteiger partial charge in [-0.15, -0.1) is 0 Å². The van der Waals surface area contributed by atoms with Crippen molar-refractivity contribution < 1.29 is 10.2 Å². The Morgan fingerprint density at radius 2 is 1.79 bits per heavy atom. The molecule has 0 bridgehead atoms. The second kappa shape index (κ2) is 4.79. The first-order valence-electron chi connectivity index (χ1n) is 4.75. The Hall–Kier alpha value is -0.560. The van der Waals surface area contributed by atoms with E-state index < -0.39 is 6.10 Å². The standard InChI is InChI=1S/C11H21NO2/c1-10(2,8-11(3,4)12)9(14)6-5-7-13/h9,13-14H,7-8,12H2,1-4H3. The molecule has 1 atom stereocenters. The van der Waals surface area contributed by atoms with Crippen LogP contribution in [0.5, 0.6) is 0 Å². The Morgan fingerprint density at radius 3 is 2.14 bits per heavy atom. The molecule has 0 radical (unpaired) electrons. The highest BCUT2D eigenvalue weighted by molar-refractivity contribution is 5.09. The number of rotatable bonds is 3. The molecule has 4 N–H and O–H groups in total. The summed E-state index contributed by atoms with van der Waals surface area (Å²) < 4.78 is 0. The lowest BCUT2D eigenvalue weighted by Gasteiger charge is -2.33. The van der Waals surface area contributed by atoms with Gasteiger partial charge in [0.15, 0.2) is 0 Å². The Labute approximate surface area is 86.3 Å². The number of hydrogen-bond donors (Lipinski definition) is 3. The van der Waals surface area contributed by atoms with Crippen molar-refractivity contribution >= 4 is 0 Å². The molecule has 0 rings (SSSR count). The molecule has 0 saturated carbocycles. The zero-order valence-corrected chi connectivity index (χ0v) is 9.46. The predicted molar refractivity (Wildman–Crippen MR) is 57.5 cm³/mol. The first-order chi connectivity index (χ1) is 6.19. The molecule has 3 nitrogen and oxygen atoms in total. The number of aliphatic hydroxyl groups excluding tert-OH is 2. The number of nitrogens with two attached hydrogens (primary N) is 1. The summed E-state index contributed by atoms with van der Waals surface area (Å²) in [6.45, 7) is 7.44. The normalized spacial score (nSPS) is 14.5. The second-order valence-corrected chi connectivity index (χ2v) is 5.04. The minimum atomic E-state index is -0.752. The average molecular weight is 199 g/mol. The molecule has 0 fully saturated rings. The van der Waals surface area contributed by atoms with Gasteiger partial charge in [0, 0.05) is 11.0 Å². The van der Waals surface area contributed by atoms with Gasteiger partial charge in [-0.25, -0.2) is 0 Å². The molecule has 82 valence electrons. The fourth-order valence-electron chi connectivity index (χ4n) is 1.61. The quantitative estimate of drug-likeness (QED) is 0.580. The summed E-state index contributed by atoms with van der Waals surface area (Å²) in [5.74, 6) is 5.05. The minimum absolute atomic E-state index is 0.223. The van der Waals surface area contributed by atoms with E-state index in [9.17, 15) is 5.11 Å². The van der Waals surface area contributed by atoms with Crippen molar-refractivity contribution in [2.45, 2.75) is 45.8 Å². The van der Waals surface area contributed by atoms with Crippen LogP contribution in [0.2, 0.25) is 0 Å². The summed E-state index contributed by atoms with van der Waals surface area (Å²) in [6, 6.07) is 0. The first-order valence-corrected chi connectivity index (χ1v) is 4.75. The van der Waals surface area contributed by atoms with Crippen molar-refractivity contribution in [3.8, 4) is 11.8 Å². The van der Waals surface area contributed by atoms with Gasteiger partial charge >= 0.3 is 0 Å². The SMILES string of the molecule is CC(C)(N)CC(C)(C)C(O)C#CCO. The Kier molecular flexibility index (Phi) is 4.60. The van der Waals surface area contributed by atoms with Crippen molar-refractivity contribution in [1.82, 2.24) is 0 Å². The van der Waals surface area contributed by atoms with Crippen LogP contribution in [0.15, 0.2) is 0 Å². The molecule has 0 aliphatic heterocycles. The van der Waals surface area contributed by atoms with Crippen LogP contribution in [0.3, 0.4) is 0 Å². The maximum Gasteiger partial charge on any atom is 0.119 e.